The van der Waals surface area contributed by atoms with Crippen LogP contribution in [0.15, 0.2) is 24.3 Å². The van der Waals surface area contributed by atoms with Gasteiger partial charge in [-0.05, 0) is 26.0 Å². The molecule has 4 nitrogen and oxygen atoms in total. The lowest BCUT2D eigenvalue weighted by atomic mass is 10.2. The number of nitrogens with two attached hydrogens (primary N) is 1. The highest BCUT2D eigenvalue weighted by Gasteiger charge is 2.13. The summed E-state index contributed by atoms with van der Waals surface area (Å²) in [6, 6.07) is 7.13. The largest absolute Gasteiger partial charge is 0.506 e. The van der Waals surface area contributed by atoms with Crippen molar-refractivity contribution >= 4 is 0 Å². The summed E-state index contributed by atoms with van der Waals surface area (Å²) in [6.45, 7) is 4.34. The molecular formula is C12H15N3O. The standard InChI is InChI=1S/C12H15N3O/c1-8-10(7-13)9(2)15(14-8)11-5-3-4-6-12(11)16/h3-6,16H,7,13H2,1-2H3. The van der Waals surface area contributed by atoms with Gasteiger partial charge in [0.25, 0.3) is 0 Å². The third-order valence-electron chi connectivity index (χ3n) is 2.76. The molecule has 16 heavy (non-hydrogen) atoms. The highest BCUT2D eigenvalue weighted by molar-refractivity contribution is 5.47. The van der Waals surface area contributed by atoms with Gasteiger partial charge >= 0.3 is 0 Å². The molecule has 4 heteroatoms. The summed E-state index contributed by atoms with van der Waals surface area (Å²) in [5, 5.41) is 14.2. The Kier molecular flexibility index (Phi) is 2.66. The number of benzene rings is 1. The lowest BCUT2D eigenvalue weighted by molar-refractivity contribution is 0.470. The van der Waals surface area contributed by atoms with Gasteiger partial charge in [-0.2, -0.15) is 5.10 Å². The number of para-hydroxylation sites is 2. The average molecular weight is 217 g/mol. The van der Waals surface area contributed by atoms with Crippen molar-refractivity contribution in [2.75, 3.05) is 0 Å². The molecule has 0 saturated carbocycles. The van der Waals surface area contributed by atoms with E-state index in [0.717, 1.165) is 17.0 Å². The molecule has 0 aliphatic rings. The van der Waals surface area contributed by atoms with Gasteiger partial charge in [0.1, 0.15) is 11.4 Å². The molecule has 3 N–H and O–H groups in total. The van der Waals surface area contributed by atoms with E-state index >= 15 is 0 Å². The van der Waals surface area contributed by atoms with Crippen LogP contribution in [0.5, 0.6) is 5.75 Å². The summed E-state index contributed by atoms with van der Waals surface area (Å²) < 4.78 is 1.73. The Bertz CT molecular complexity index is 517. The van der Waals surface area contributed by atoms with Crippen LogP contribution in [0.3, 0.4) is 0 Å². The van der Waals surface area contributed by atoms with Crippen molar-refractivity contribution in [2.45, 2.75) is 20.4 Å². The molecule has 1 heterocycles. The SMILES string of the molecule is Cc1nn(-c2ccccc2O)c(C)c1CN. The summed E-state index contributed by atoms with van der Waals surface area (Å²) in [5.74, 6) is 0.219. The first kappa shape index (κ1) is 10.7. The van der Waals surface area contributed by atoms with E-state index in [0.29, 0.717) is 12.2 Å². The number of rotatable bonds is 2. The maximum absolute atomic E-state index is 9.77. The molecule has 0 aliphatic heterocycles. The van der Waals surface area contributed by atoms with Gasteiger partial charge in [-0.1, -0.05) is 12.1 Å². The molecule has 1 aromatic carbocycles. The van der Waals surface area contributed by atoms with E-state index in [1.54, 1.807) is 16.8 Å². The number of nitrogens with zero attached hydrogens (tertiary/aromatic N) is 2. The number of aromatic nitrogens is 2. The molecule has 0 amide bonds. The van der Waals surface area contributed by atoms with Gasteiger partial charge in [0.2, 0.25) is 0 Å². The fraction of sp³-hybridized carbons (Fsp3) is 0.250. The van der Waals surface area contributed by atoms with E-state index < -0.39 is 0 Å². The van der Waals surface area contributed by atoms with Crippen LogP contribution in [0.2, 0.25) is 0 Å². The normalized spacial score (nSPS) is 10.7. The van der Waals surface area contributed by atoms with Crippen LogP contribution in [0.4, 0.5) is 0 Å². The summed E-state index contributed by atoms with van der Waals surface area (Å²) in [4.78, 5) is 0. The summed E-state index contributed by atoms with van der Waals surface area (Å²) in [5.41, 5.74) is 9.26. The van der Waals surface area contributed by atoms with Crippen LogP contribution in [-0.4, -0.2) is 14.9 Å². The number of phenolic OH excluding ortho intramolecular Hbond substituents is 1. The van der Waals surface area contributed by atoms with Crippen LogP contribution < -0.4 is 5.73 Å². The fourth-order valence-corrected chi connectivity index (χ4v) is 1.85. The van der Waals surface area contributed by atoms with E-state index in [4.69, 9.17) is 5.73 Å². The molecule has 2 rings (SSSR count). The van der Waals surface area contributed by atoms with Crippen LogP contribution in [-0.2, 0) is 6.54 Å². The zero-order valence-corrected chi connectivity index (χ0v) is 9.44. The highest BCUT2D eigenvalue weighted by atomic mass is 16.3. The minimum atomic E-state index is 0.219. The molecule has 1 aromatic heterocycles. The summed E-state index contributed by atoms with van der Waals surface area (Å²) in [7, 11) is 0. The second-order valence-electron chi connectivity index (χ2n) is 3.75. The second kappa shape index (κ2) is 3.98. The van der Waals surface area contributed by atoms with E-state index in [9.17, 15) is 5.11 Å². The molecule has 2 aromatic rings. The van der Waals surface area contributed by atoms with Gasteiger partial charge < -0.3 is 10.8 Å². The van der Waals surface area contributed by atoms with Crippen molar-refractivity contribution in [2.24, 2.45) is 5.73 Å². The number of phenols is 1. The molecule has 0 aliphatic carbocycles. The van der Waals surface area contributed by atoms with Gasteiger partial charge in [-0.25, -0.2) is 4.68 Å². The van der Waals surface area contributed by atoms with Crippen molar-refractivity contribution in [1.29, 1.82) is 0 Å². The van der Waals surface area contributed by atoms with Crippen LogP contribution in [0, 0.1) is 13.8 Å². The number of aromatic hydroxyl groups is 1. The van der Waals surface area contributed by atoms with Gasteiger partial charge in [0, 0.05) is 17.8 Å². The van der Waals surface area contributed by atoms with E-state index in [-0.39, 0.29) is 5.75 Å². The van der Waals surface area contributed by atoms with Gasteiger partial charge in [-0.15, -0.1) is 0 Å². The van der Waals surface area contributed by atoms with Crippen molar-refractivity contribution in [3.63, 3.8) is 0 Å². The van der Waals surface area contributed by atoms with Gasteiger partial charge in [0.05, 0.1) is 5.69 Å². The van der Waals surface area contributed by atoms with Crippen LogP contribution in [0.25, 0.3) is 5.69 Å². The van der Waals surface area contributed by atoms with Gasteiger partial charge in [0.15, 0.2) is 0 Å². The van der Waals surface area contributed by atoms with Crippen molar-refractivity contribution in [1.82, 2.24) is 9.78 Å². The van der Waals surface area contributed by atoms with Crippen molar-refractivity contribution in [3.05, 3.63) is 41.2 Å². The fourth-order valence-electron chi connectivity index (χ4n) is 1.85. The predicted molar refractivity (Wildman–Crippen MR) is 62.6 cm³/mol. The number of hydrogen-bond acceptors (Lipinski definition) is 3. The first-order valence-electron chi connectivity index (χ1n) is 5.18. The molecule has 0 unspecified atom stereocenters. The zero-order chi connectivity index (χ0) is 11.7. The Morgan fingerprint density at radius 2 is 2.00 bits per heavy atom. The Morgan fingerprint density at radius 3 is 2.56 bits per heavy atom. The highest BCUT2D eigenvalue weighted by Crippen LogP contribution is 2.24. The summed E-state index contributed by atoms with van der Waals surface area (Å²) in [6.07, 6.45) is 0. The third kappa shape index (κ3) is 1.57. The number of aryl methyl sites for hydroxylation is 1. The Morgan fingerprint density at radius 1 is 1.31 bits per heavy atom. The number of hydrogen-bond donors (Lipinski definition) is 2. The lowest BCUT2D eigenvalue weighted by Gasteiger charge is -2.06. The molecule has 84 valence electrons. The molecule has 0 fully saturated rings. The Balaban J connectivity index is 2.62. The summed E-state index contributed by atoms with van der Waals surface area (Å²) >= 11 is 0. The van der Waals surface area contributed by atoms with Crippen molar-refractivity contribution < 1.29 is 5.11 Å². The van der Waals surface area contributed by atoms with Gasteiger partial charge in [-0.3, -0.25) is 0 Å². The molecule has 0 bridgehead atoms. The quantitative estimate of drug-likeness (QED) is 0.804. The zero-order valence-electron chi connectivity index (χ0n) is 9.44. The topological polar surface area (TPSA) is 64.1 Å². The maximum Gasteiger partial charge on any atom is 0.141 e. The minimum Gasteiger partial charge on any atom is -0.506 e. The Hall–Kier alpha value is -1.81. The van der Waals surface area contributed by atoms with Crippen LogP contribution in [0.1, 0.15) is 17.0 Å². The monoisotopic (exact) mass is 217 g/mol. The Labute approximate surface area is 94.3 Å². The first-order valence-corrected chi connectivity index (χ1v) is 5.18. The maximum atomic E-state index is 9.77. The van der Waals surface area contributed by atoms with E-state index in [1.165, 1.54) is 0 Å². The van der Waals surface area contributed by atoms with Crippen molar-refractivity contribution in [3.8, 4) is 11.4 Å². The van der Waals surface area contributed by atoms with Crippen LogP contribution >= 0.6 is 0 Å². The third-order valence-corrected chi connectivity index (χ3v) is 2.76. The predicted octanol–water partition coefficient (Wildman–Crippen LogP) is 1.65. The lowest BCUT2D eigenvalue weighted by Crippen LogP contribution is -2.02. The molecular weight excluding hydrogens is 202 g/mol. The average Bonchev–Trinajstić information content (AvgIpc) is 2.55. The van der Waals surface area contributed by atoms with E-state index in [1.807, 2.05) is 26.0 Å². The van der Waals surface area contributed by atoms with E-state index in [2.05, 4.69) is 5.10 Å². The molecule has 0 atom stereocenters. The first-order chi connectivity index (χ1) is 7.65. The second-order valence-corrected chi connectivity index (χ2v) is 3.75. The smallest absolute Gasteiger partial charge is 0.141 e. The molecule has 0 radical (unpaired) electrons. The molecule has 0 spiro atoms. The minimum absolute atomic E-state index is 0.219. The molecule has 0 saturated heterocycles.